The third-order valence-corrected chi connectivity index (χ3v) is 5.18. The zero-order valence-corrected chi connectivity index (χ0v) is 15.8. The highest BCUT2D eigenvalue weighted by molar-refractivity contribution is 5.91. The first kappa shape index (κ1) is 18.4. The van der Waals surface area contributed by atoms with Gasteiger partial charge < -0.3 is 10.6 Å². The second-order valence-electron chi connectivity index (χ2n) is 7.15. The lowest BCUT2D eigenvalue weighted by Crippen LogP contribution is -2.30. The summed E-state index contributed by atoms with van der Waals surface area (Å²) in [6.45, 7) is 1.72. The van der Waals surface area contributed by atoms with Crippen molar-refractivity contribution in [2.45, 2.75) is 31.3 Å². The maximum absolute atomic E-state index is 12.5. The van der Waals surface area contributed by atoms with Gasteiger partial charge in [-0.2, -0.15) is 0 Å². The summed E-state index contributed by atoms with van der Waals surface area (Å²) in [6.07, 6.45) is 5.07. The fourth-order valence-electron chi connectivity index (χ4n) is 3.73. The van der Waals surface area contributed by atoms with Gasteiger partial charge in [0.05, 0.1) is 6.20 Å². The zero-order valence-electron chi connectivity index (χ0n) is 15.8. The SMILES string of the molecule is O=C(NCC[C@H]1CCCN1)c1cn(C(c2ccccc2)c2ccccc2)nn1. The predicted octanol–water partition coefficient (Wildman–Crippen LogP) is 2.79. The van der Waals surface area contributed by atoms with Crippen LogP contribution in [0.5, 0.6) is 0 Å². The van der Waals surface area contributed by atoms with E-state index in [1.54, 1.807) is 10.9 Å². The summed E-state index contributed by atoms with van der Waals surface area (Å²) in [7, 11) is 0. The fraction of sp³-hybridized carbons (Fsp3) is 0.318. The highest BCUT2D eigenvalue weighted by Crippen LogP contribution is 2.25. The summed E-state index contributed by atoms with van der Waals surface area (Å²) in [6, 6.07) is 20.6. The molecule has 0 bridgehead atoms. The van der Waals surface area contributed by atoms with Crippen LogP contribution < -0.4 is 10.6 Å². The standard InChI is InChI=1S/C22H25N5O/c28-22(24-15-13-19-12-7-14-23-19)20-16-27(26-25-20)21(17-8-3-1-4-9-17)18-10-5-2-6-11-18/h1-6,8-11,16,19,21,23H,7,12-15H2,(H,24,28)/t19-/m1/s1. The summed E-state index contributed by atoms with van der Waals surface area (Å²) in [5.74, 6) is -0.177. The van der Waals surface area contributed by atoms with Crippen LogP contribution in [0.3, 0.4) is 0 Å². The second kappa shape index (κ2) is 8.80. The van der Waals surface area contributed by atoms with Crippen LogP contribution >= 0.6 is 0 Å². The first-order valence-corrected chi connectivity index (χ1v) is 9.84. The number of rotatable bonds is 7. The number of nitrogens with one attached hydrogen (secondary N) is 2. The Hall–Kier alpha value is -2.99. The number of hydrogen-bond acceptors (Lipinski definition) is 4. The minimum atomic E-state index is -0.177. The molecular weight excluding hydrogens is 350 g/mol. The first-order valence-electron chi connectivity index (χ1n) is 9.84. The van der Waals surface area contributed by atoms with E-state index in [0.717, 1.165) is 24.1 Å². The summed E-state index contributed by atoms with van der Waals surface area (Å²) in [4.78, 5) is 12.5. The van der Waals surface area contributed by atoms with Crippen molar-refractivity contribution < 1.29 is 4.79 Å². The molecule has 0 radical (unpaired) electrons. The van der Waals surface area contributed by atoms with Crippen molar-refractivity contribution in [3.05, 3.63) is 83.7 Å². The molecule has 2 N–H and O–H groups in total. The van der Waals surface area contributed by atoms with E-state index in [9.17, 15) is 4.79 Å². The van der Waals surface area contributed by atoms with Crippen molar-refractivity contribution in [1.82, 2.24) is 25.6 Å². The first-order chi connectivity index (χ1) is 13.8. The molecule has 28 heavy (non-hydrogen) atoms. The second-order valence-corrected chi connectivity index (χ2v) is 7.15. The van der Waals surface area contributed by atoms with Gasteiger partial charge >= 0.3 is 0 Å². The van der Waals surface area contributed by atoms with E-state index in [4.69, 9.17) is 0 Å². The van der Waals surface area contributed by atoms with Gasteiger partial charge in [-0.3, -0.25) is 4.79 Å². The van der Waals surface area contributed by atoms with E-state index in [2.05, 4.69) is 45.2 Å². The molecule has 6 nitrogen and oxygen atoms in total. The van der Waals surface area contributed by atoms with E-state index in [1.807, 2.05) is 36.4 Å². The van der Waals surface area contributed by atoms with Crippen LogP contribution in [0.2, 0.25) is 0 Å². The van der Waals surface area contributed by atoms with Crippen LogP contribution in [0.1, 0.15) is 46.9 Å². The van der Waals surface area contributed by atoms with Gasteiger partial charge in [0.25, 0.3) is 5.91 Å². The van der Waals surface area contributed by atoms with Crippen LogP contribution in [0.4, 0.5) is 0 Å². The van der Waals surface area contributed by atoms with Crippen LogP contribution in [-0.2, 0) is 0 Å². The van der Waals surface area contributed by atoms with Gasteiger partial charge in [-0.1, -0.05) is 65.9 Å². The Morgan fingerprint density at radius 3 is 2.39 bits per heavy atom. The lowest BCUT2D eigenvalue weighted by atomic mass is 9.99. The number of carbonyl (C=O) groups is 1. The van der Waals surface area contributed by atoms with Crippen LogP contribution in [0, 0.1) is 0 Å². The lowest BCUT2D eigenvalue weighted by molar-refractivity contribution is 0.0947. The van der Waals surface area contributed by atoms with E-state index < -0.39 is 0 Å². The molecule has 2 heterocycles. The molecule has 1 aromatic heterocycles. The molecule has 0 spiro atoms. The molecule has 1 fully saturated rings. The topological polar surface area (TPSA) is 71.8 Å². The van der Waals surface area contributed by atoms with Crippen molar-refractivity contribution in [3.8, 4) is 0 Å². The van der Waals surface area contributed by atoms with Gasteiger partial charge in [-0.25, -0.2) is 4.68 Å². The Morgan fingerprint density at radius 1 is 1.11 bits per heavy atom. The minimum absolute atomic E-state index is 0.126. The highest BCUT2D eigenvalue weighted by atomic mass is 16.2. The van der Waals surface area contributed by atoms with Gasteiger partial charge in [-0.15, -0.1) is 5.10 Å². The van der Waals surface area contributed by atoms with E-state index in [-0.39, 0.29) is 11.9 Å². The highest BCUT2D eigenvalue weighted by Gasteiger charge is 2.20. The molecule has 1 aliphatic heterocycles. The predicted molar refractivity (Wildman–Crippen MR) is 108 cm³/mol. The number of nitrogens with zero attached hydrogens (tertiary/aromatic N) is 3. The summed E-state index contributed by atoms with van der Waals surface area (Å²) in [5.41, 5.74) is 2.53. The molecule has 0 saturated carbocycles. The lowest BCUT2D eigenvalue weighted by Gasteiger charge is -2.17. The molecule has 1 atom stereocenters. The monoisotopic (exact) mass is 375 g/mol. The summed E-state index contributed by atoms with van der Waals surface area (Å²) in [5, 5.41) is 14.8. The van der Waals surface area contributed by atoms with Gasteiger partial charge in [0.15, 0.2) is 5.69 Å². The molecule has 0 aliphatic carbocycles. The third kappa shape index (κ3) is 4.28. The number of carbonyl (C=O) groups excluding carboxylic acids is 1. The van der Waals surface area contributed by atoms with Gasteiger partial charge in [0, 0.05) is 12.6 Å². The minimum Gasteiger partial charge on any atom is -0.351 e. The third-order valence-electron chi connectivity index (χ3n) is 5.18. The zero-order chi connectivity index (χ0) is 19.2. The molecule has 0 unspecified atom stereocenters. The molecule has 1 saturated heterocycles. The number of amides is 1. The molecule has 2 aromatic carbocycles. The van der Waals surface area contributed by atoms with Crippen LogP contribution in [0.25, 0.3) is 0 Å². The number of benzene rings is 2. The Balaban J connectivity index is 1.49. The van der Waals surface area contributed by atoms with Crippen LogP contribution in [-0.4, -0.2) is 40.0 Å². The van der Waals surface area contributed by atoms with Crippen molar-refractivity contribution >= 4 is 5.91 Å². The molecule has 1 amide bonds. The van der Waals surface area contributed by atoms with Crippen molar-refractivity contribution in [2.24, 2.45) is 0 Å². The number of hydrogen-bond donors (Lipinski definition) is 2. The number of aromatic nitrogens is 3. The van der Waals surface area contributed by atoms with Gasteiger partial charge in [0.1, 0.15) is 6.04 Å². The van der Waals surface area contributed by atoms with Crippen molar-refractivity contribution in [1.29, 1.82) is 0 Å². The molecule has 4 rings (SSSR count). The smallest absolute Gasteiger partial charge is 0.273 e. The van der Waals surface area contributed by atoms with E-state index in [0.29, 0.717) is 18.3 Å². The Labute approximate surface area is 165 Å². The van der Waals surface area contributed by atoms with Gasteiger partial charge in [-0.05, 0) is 36.9 Å². The average Bonchev–Trinajstić information content (AvgIpc) is 3.42. The Bertz CT molecular complexity index is 848. The van der Waals surface area contributed by atoms with Gasteiger partial charge in [0.2, 0.25) is 0 Å². The maximum atomic E-state index is 12.5. The molecule has 6 heteroatoms. The van der Waals surface area contributed by atoms with Crippen molar-refractivity contribution in [2.75, 3.05) is 13.1 Å². The quantitative estimate of drug-likeness (QED) is 0.666. The molecule has 3 aromatic rings. The molecular formula is C22H25N5O. The van der Waals surface area contributed by atoms with Crippen LogP contribution in [0.15, 0.2) is 66.9 Å². The maximum Gasteiger partial charge on any atom is 0.273 e. The van der Waals surface area contributed by atoms with Crippen molar-refractivity contribution in [3.63, 3.8) is 0 Å². The largest absolute Gasteiger partial charge is 0.351 e. The normalized spacial score (nSPS) is 16.4. The average molecular weight is 375 g/mol. The molecule has 144 valence electrons. The fourth-order valence-corrected chi connectivity index (χ4v) is 3.73. The summed E-state index contributed by atoms with van der Waals surface area (Å²) >= 11 is 0. The summed E-state index contributed by atoms with van der Waals surface area (Å²) < 4.78 is 1.76. The Kier molecular flexibility index (Phi) is 5.77. The van der Waals surface area contributed by atoms with E-state index >= 15 is 0 Å². The Morgan fingerprint density at radius 2 is 1.79 bits per heavy atom. The van der Waals surface area contributed by atoms with E-state index in [1.165, 1.54) is 12.8 Å². The molecule has 1 aliphatic rings.